The average molecular weight is 426 g/mol. The Morgan fingerprint density at radius 2 is 2.13 bits per heavy atom. The zero-order valence-electron chi connectivity index (χ0n) is 16.9. The van der Waals surface area contributed by atoms with E-state index in [9.17, 15) is 18.4 Å². The fourth-order valence-corrected chi connectivity index (χ4v) is 3.68. The van der Waals surface area contributed by atoms with Gasteiger partial charge < -0.3 is 15.0 Å². The number of aryl methyl sites for hydroxylation is 2. The van der Waals surface area contributed by atoms with Gasteiger partial charge in [-0.25, -0.2) is 18.7 Å². The highest BCUT2D eigenvalue weighted by molar-refractivity contribution is 5.95. The van der Waals surface area contributed by atoms with Gasteiger partial charge in [0.25, 0.3) is 0 Å². The van der Waals surface area contributed by atoms with Gasteiger partial charge >= 0.3 is 0 Å². The van der Waals surface area contributed by atoms with Gasteiger partial charge in [-0.15, -0.1) is 0 Å². The van der Waals surface area contributed by atoms with Crippen molar-refractivity contribution in [1.29, 1.82) is 0 Å². The monoisotopic (exact) mass is 426 g/mol. The molecule has 1 amide bonds. The number of halogens is 2. The summed E-state index contributed by atoms with van der Waals surface area (Å²) in [6.45, 7) is 3.68. The summed E-state index contributed by atoms with van der Waals surface area (Å²) < 4.78 is 33.1. The smallest absolute Gasteiger partial charge is 0.229 e. The lowest BCUT2D eigenvalue weighted by molar-refractivity contribution is -0.117. The summed E-state index contributed by atoms with van der Waals surface area (Å²) in [6.07, 6.45) is 2.87. The highest BCUT2D eigenvalue weighted by Gasteiger charge is 2.60. The average Bonchev–Trinajstić information content (AvgIpc) is 3.46. The number of anilines is 1. The van der Waals surface area contributed by atoms with Gasteiger partial charge in [-0.05, 0) is 38.0 Å². The summed E-state index contributed by atoms with van der Waals surface area (Å²) in [5.41, 5.74) is -0.304. The first kappa shape index (κ1) is 20.6. The van der Waals surface area contributed by atoms with Crippen LogP contribution in [0.3, 0.4) is 0 Å². The van der Waals surface area contributed by atoms with E-state index in [4.69, 9.17) is 4.74 Å². The molecule has 2 N–H and O–H groups in total. The molecule has 1 saturated carbocycles. The number of nitrogens with zero attached hydrogens (tertiary/aromatic N) is 2. The van der Waals surface area contributed by atoms with Crippen LogP contribution < -0.4 is 15.5 Å². The summed E-state index contributed by atoms with van der Waals surface area (Å²) in [5, 5.41) is 2.59. The number of pyridine rings is 1. The Morgan fingerprint density at radius 3 is 2.84 bits per heavy atom. The molecule has 0 spiro atoms. The van der Waals surface area contributed by atoms with Crippen molar-refractivity contribution >= 4 is 11.7 Å². The van der Waals surface area contributed by atoms with Crippen LogP contribution in [0.5, 0.6) is 5.75 Å². The van der Waals surface area contributed by atoms with Crippen LogP contribution in [-0.4, -0.2) is 27.5 Å². The molecule has 2 aromatic heterocycles. The molecular formula is C22H20F2N4O3. The van der Waals surface area contributed by atoms with Crippen molar-refractivity contribution in [2.24, 2.45) is 5.92 Å². The Hall–Kier alpha value is -3.62. The Balaban J connectivity index is 1.58. The Labute approximate surface area is 176 Å². The zero-order valence-corrected chi connectivity index (χ0v) is 16.9. The van der Waals surface area contributed by atoms with Crippen LogP contribution in [0.15, 0.2) is 47.5 Å². The van der Waals surface area contributed by atoms with E-state index in [1.807, 2.05) is 0 Å². The number of benzene rings is 1. The van der Waals surface area contributed by atoms with Crippen molar-refractivity contribution in [1.82, 2.24) is 15.0 Å². The highest BCUT2D eigenvalue weighted by Crippen LogP contribution is 2.55. The third kappa shape index (κ3) is 4.16. The number of hydrogen-bond acceptors (Lipinski definition) is 5. The number of carbonyl (C=O) groups is 1. The first-order chi connectivity index (χ1) is 14.8. The second-order valence-corrected chi connectivity index (χ2v) is 7.63. The van der Waals surface area contributed by atoms with Crippen LogP contribution >= 0.6 is 0 Å². The third-order valence-corrected chi connectivity index (χ3v) is 5.45. The number of ether oxygens (including phenoxy) is 1. The molecule has 1 aliphatic carbocycles. The van der Waals surface area contributed by atoms with Crippen molar-refractivity contribution in [3.8, 4) is 5.75 Å². The molecule has 9 heteroatoms. The summed E-state index contributed by atoms with van der Waals surface area (Å²) in [5.74, 6) is -1.10. The standard InChI is InChI=1S/C22H20F2N4O3/c1-12-19(10-25-13(2)27-12)31-11-22(14-4-3-5-15(23)6-14)8-16(22)21(30)28-20-7-18(29)17(24)9-26-20/h3-7,9-10,16H,8,11H2,1-2H3,(H2,26,28,29,30)/t16-,22+/m0/s1. The van der Waals surface area contributed by atoms with Crippen LogP contribution in [0.1, 0.15) is 23.5 Å². The van der Waals surface area contributed by atoms with Crippen LogP contribution in [0.25, 0.3) is 0 Å². The van der Waals surface area contributed by atoms with E-state index in [1.54, 1.807) is 32.2 Å². The molecular weight excluding hydrogens is 406 g/mol. The van der Waals surface area contributed by atoms with Crippen molar-refractivity contribution in [3.63, 3.8) is 0 Å². The van der Waals surface area contributed by atoms with Crippen LogP contribution in [-0.2, 0) is 10.2 Å². The molecule has 1 fully saturated rings. The largest absolute Gasteiger partial charge is 0.489 e. The lowest BCUT2D eigenvalue weighted by Crippen LogP contribution is -2.27. The van der Waals surface area contributed by atoms with E-state index in [-0.39, 0.29) is 18.3 Å². The lowest BCUT2D eigenvalue weighted by Gasteiger charge is -2.19. The molecule has 3 aromatic rings. The first-order valence-electron chi connectivity index (χ1n) is 9.67. The Kier molecular flexibility index (Phi) is 5.26. The maximum atomic E-state index is 13.9. The van der Waals surface area contributed by atoms with Gasteiger partial charge in [-0.3, -0.25) is 9.59 Å². The normalized spacial score (nSPS) is 19.7. The van der Waals surface area contributed by atoms with Gasteiger partial charge in [0.1, 0.15) is 17.5 Å². The van der Waals surface area contributed by atoms with Crippen LogP contribution in [0, 0.1) is 31.4 Å². The van der Waals surface area contributed by atoms with E-state index in [0.29, 0.717) is 29.3 Å². The molecule has 160 valence electrons. The summed E-state index contributed by atoms with van der Waals surface area (Å²) in [4.78, 5) is 35.3. The second kappa shape index (κ2) is 7.90. The summed E-state index contributed by atoms with van der Waals surface area (Å²) in [7, 11) is 0. The molecule has 0 unspecified atom stereocenters. The maximum absolute atomic E-state index is 13.9. The van der Waals surface area contributed by atoms with Gasteiger partial charge in [-0.1, -0.05) is 12.1 Å². The first-order valence-corrected chi connectivity index (χ1v) is 9.67. The Bertz CT molecular complexity index is 1210. The van der Waals surface area contributed by atoms with E-state index < -0.39 is 28.4 Å². The molecule has 2 heterocycles. The summed E-state index contributed by atoms with van der Waals surface area (Å²) in [6, 6.07) is 7.02. The SMILES string of the molecule is Cc1ncc(OC[C@@]2(c3cccc(F)c3)C[C@H]2C(=O)Nc2cc(=O)c(F)c[nH]2)c(C)n1. The molecule has 31 heavy (non-hydrogen) atoms. The van der Waals surface area contributed by atoms with E-state index in [2.05, 4.69) is 20.3 Å². The predicted molar refractivity (Wildman–Crippen MR) is 109 cm³/mol. The molecule has 2 atom stereocenters. The van der Waals surface area contributed by atoms with E-state index in [0.717, 1.165) is 12.3 Å². The van der Waals surface area contributed by atoms with Crippen LogP contribution in [0.4, 0.5) is 14.6 Å². The number of H-pyrrole nitrogens is 1. The fourth-order valence-electron chi connectivity index (χ4n) is 3.68. The number of carbonyl (C=O) groups excluding carboxylic acids is 1. The van der Waals surface area contributed by atoms with Crippen molar-refractivity contribution in [3.05, 3.63) is 81.7 Å². The number of aromatic nitrogens is 3. The topological polar surface area (TPSA) is 97.0 Å². The molecule has 7 nitrogen and oxygen atoms in total. The molecule has 1 aliphatic rings. The second-order valence-electron chi connectivity index (χ2n) is 7.63. The van der Waals surface area contributed by atoms with Gasteiger partial charge in [0, 0.05) is 17.7 Å². The maximum Gasteiger partial charge on any atom is 0.229 e. The molecule has 0 aliphatic heterocycles. The van der Waals surface area contributed by atoms with Gasteiger partial charge in [0.15, 0.2) is 11.6 Å². The quantitative estimate of drug-likeness (QED) is 0.632. The van der Waals surface area contributed by atoms with E-state index >= 15 is 0 Å². The van der Waals surface area contributed by atoms with Crippen molar-refractivity contribution in [2.45, 2.75) is 25.7 Å². The molecule has 0 radical (unpaired) electrons. The van der Waals surface area contributed by atoms with Gasteiger partial charge in [-0.2, -0.15) is 0 Å². The third-order valence-electron chi connectivity index (χ3n) is 5.45. The number of amides is 1. The molecule has 0 bridgehead atoms. The number of aromatic amines is 1. The molecule has 1 aromatic carbocycles. The minimum atomic E-state index is -0.942. The highest BCUT2D eigenvalue weighted by atomic mass is 19.1. The van der Waals surface area contributed by atoms with E-state index in [1.165, 1.54) is 12.1 Å². The minimum Gasteiger partial charge on any atom is -0.489 e. The van der Waals surface area contributed by atoms with Crippen LogP contribution in [0.2, 0.25) is 0 Å². The predicted octanol–water partition coefficient (Wildman–Crippen LogP) is 3.04. The zero-order chi connectivity index (χ0) is 22.2. The number of nitrogens with one attached hydrogen (secondary N) is 2. The summed E-state index contributed by atoms with van der Waals surface area (Å²) >= 11 is 0. The number of rotatable bonds is 6. The number of hydrogen-bond donors (Lipinski definition) is 2. The molecule has 0 saturated heterocycles. The van der Waals surface area contributed by atoms with Gasteiger partial charge in [0.2, 0.25) is 11.3 Å². The van der Waals surface area contributed by atoms with Gasteiger partial charge in [0.05, 0.1) is 24.4 Å². The van der Waals surface area contributed by atoms with Crippen molar-refractivity contribution < 1.29 is 18.3 Å². The van der Waals surface area contributed by atoms with Crippen molar-refractivity contribution in [2.75, 3.05) is 11.9 Å². The minimum absolute atomic E-state index is 0.0835. The molecule has 4 rings (SSSR count). The Morgan fingerprint density at radius 1 is 1.32 bits per heavy atom. The lowest BCUT2D eigenvalue weighted by atomic mass is 9.93. The fraction of sp³-hybridized carbons (Fsp3) is 0.273.